The molecule has 3 nitrogen and oxygen atoms in total. The van der Waals surface area contributed by atoms with Gasteiger partial charge < -0.3 is 15.9 Å². The summed E-state index contributed by atoms with van der Waals surface area (Å²) in [6.45, 7) is -6.00. The molecule has 0 rings (SSSR count). The molecule has 2 atom stereocenters. The van der Waals surface area contributed by atoms with Gasteiger partial charge in [-0.25, -0.2) is 0 Å². The lowest BCUT2D eigenvalue weighted by atomic mass is 10.0. The van der Waals surface area contributed by atoms with Crippen LogP contribution in [-0.2, 0) is 0 Å². The summed E-state index contributed by atoms with van der Waals surface area (Å²) < 4.78 is 261. The van der Waals surface area contributed by atoms with E-state index in [1.54, 1.807) is 0 Å². The predicted molar refractivity (Wildman–Crippen MR) is 91.3 cm³/mol. The number of nitrogens with two attached hydrogens (primary N) is 1. The molecule has 0 radical (unpaired) electrons. The first-order chi connectivity index (χ1) is 22.8. The van der Waals surface area contributed by atoms with Gasteiger partial charge in [0.15, 0.2) is 0 Å². The second kappa shape index (κ2) is 16.0. The van der Waals surface area contributed by atoms with Crippen molar-refractivity contribution in [1.82, 2.24) is 0 Å². The summed E-state index contributed by atoms with van der Waals surface area (Å²) in [6, 6.07) is -9.42. The molecule has 0 unspecified atom stereocenters. The van der Waals surface area contributed by atoms with Crippen molar-refractivity contribution >= 4 is 0 Å². The molecular weight excluding hydrogens is 262 g/mol. The van der Waals surface area contributed by atoms with Crippen LogP contribution in [0.2, 0.25) is 2.82 Å². The lowest BCUT2D eigenvalue weighted by molar-refractivity contribution is 0.144. The zero-order chi connectivity index (χ0) is 44.9. The molecule has 21 heavy (non-hydrogen) atoms. The minimum absolute atomic E-state index is 1.22. The van der Waals surface area contributed by atoms with Crippen LogP contribution in [0.4, 0.5) is 0 Å². The van der Waals surface area contributed by atoms with Crippen molar-refractivity contribution in [3.05, 3.63) is 12.1 Å². The Morgan fingerprint density at radius 3 is 2.24 bits per heavy atom. The summed E-state index contributed by atoms with van der Waals surface area (Å²) >= 11 is 0. The van der Waals surface area contributed by atoms with E-state index in [0.29, 0.717) is 0 Å². The minimum Gasteiger partial charge on any atom is -0.395 e. The molecule has 0 fully saturated rings. The summed E-state index contributed by atoms with van der Waals surface area (Å²) in [5.74, 6) is 0. The third-order valence-corrected chi connectivity index (χ3v) is 1.29. The molecule has 0 aliphatic carbocycles. The van der Waals surface area contributed by atoms with E-state index in [9.17, 15) is 10.2 Å². The highest BCUT2D eigenvalue weighted by molar-refractivity contribution is 4.93. The molecule has 4 N–H and O–H groups in total. The number of rotatable bonds is 16. The van der Waals surface area contributed by atoms with Crippen LogP contribution in [0.15, 0.2) is 12.1 Å². The molecule has 0 aromatic heterocycles. The Balaban J connectivity index is 7.79. The zero-order valence-corrected chi connectivity index (χ0v) is 10.5. The van der Waals surface area contributed by atoms with Gasteiger partial charge in [-0.3, -0.25) is 0 Å². The number of hydrogen-bond acceptors (Lipinski definition) is 3. The van der Waals surface area contributed by atoms with Crippen LogP contribution in [0.3, 0.4) is 0 Å². The van der Waals surface area contributed by atoms with E-state index in [0.717, 1.165) is 0 Å². The van der Waals surface area contributed by atoms with E-state index in [4.69, 9.17) is 45.3 Å². The average Bonchev–Trinajstić information content (AvgIpc) is 2.97. The molecule has 0 spiro atoms. The second-order valence-corrected chi connectivity index (χ2v) is 2.61. The van der Waals surface area contributed by atoms with Crippen LogP contribution >= 0.6 is 0 Å². The lowest BCUT2D eigenvalue weighted by Gasteiger charge is -2.11. The Morgan fingerprint density at radius 1 is 1.14 bits per heavy atom. The first-order valence-electron chi connectivity index (χ1n) is 21.6. The first kappa shape index (κ1) is 2.87. The van der Waals surface area contributed by atoms with Gasteiger partial charge in [-0.15, -0.1) is 0 Å². The summed E-state index contributed by atoms with van der Waals surface area (Å²) in [4.78, 5) is 0. The van der Waals surface area contributed by atoms with Gasteiger partial charge in [0, 0.05) is 34.3 Å². The van der Waals surface area contributed by atoms with Gasteiger partial charge in [0.2, 0.25) is 0 Å². The summed E-state index contributed by atoms with van der Waals surface area (Å²) in [5.41, 5.74) is -1.22. The Bertz CT molecular complexity index is 1410. The summed E-state index contributed by atoms with van der Waals surface area (Å²) in [6.07, 6.45) is -62.0. The van der Waals surface area contributed by atoms with Gasteiger partial charge in [-0.1, -0.05) is 82.7 Å². The Labute approximate surface area is 178 Å². The van der Waals surface area contributed by atoms with Crippen LogP contribution in [0.1, 0.15) is 126 Å². The third kappa shape index (κ3) is 14.3. The van der Waals surface area contributed by atoms with Gasteiger partial charge in [0.25, 0.3) is 0 Å². The van der Waals surface area contributed by atoms with E-state index < -0.39 is 120 Å². The van der Waals surface area contributed by atoms with E-state index in [1.807, 2.05) is 0 Å². The molecular formula is C18H37NO2. The van der Waals surface area contributed by atoms with Gasteiger partial charge in [0.05, 0.1) is 26.9 Å². The van der Waals surface area contributed by atoms with Gasteiger partial charge in [-0.05, 0) is 12.7 Å². The fourth-order valence-corrected chi connectivity index (χ4v) is 0.559. The maximum atomic E-state index is 10.5. The van der Waals surface area contributed by atoms with Crippen molar-refractivity contribution in [2.24, 2.45) is 5.72 Å². The maximum absolute atomic E-state index is 10.5. The largest absolute Gasteiger partial charge is 0.395 e. The second-order valence-electron chi connectivity index (χ2n) is 2.61. The summed E-state index contributed by atoms with van der Waals surface area (Å²) in [5, 5.41) is 20.1. The standard InChI is InChI=1S/C18H37NO2/c1-2-3-4-5-6-7-8-9-10-11-12-13-14-15-18(21)17(19)16-20/h14-15,17-18,20-21H,2-13,16,19H2,1H3/b15-14+/t17-,18+/m0/s1/i1D,2D2,3D2,4D2,5D2,6D2,7D2,8D2,9D2,10D2,11D2,12D2,13D2,14D,15D,16D2,17D,18D/hD2. The molecule has 0 aliphatic heterocycles. The lowest BCUT2D eigenvalue weighted by Crippen LogP contribution is -2.36. The van der Waals surface area contributed by atoms with Gasteiger partial charge in [-0.2, -0.15) is 0 Å². The normalized spacial score (nSPS) is 50.7. The van der Waals surface area contributed by atoms with Crippen molar-refractivity contribution in [3.63, 3.8) is 0 Å². The SMILES string of the molecule is [2H]CC([2H])([2H])C([2H])([2H])C([2H])([2H])C([2H])([2H])C([2H])([2H])C([2H])([2H])C([2H])([2H])C([2H])([2H])C([2H])([2H])C([2H])([2H])C([2H])([2H])C([2H])([2H])/C([2H])=C(\[2H])[C@@]([2H])(O)[C@@]([2H])(N([2H])[2H])C([2H])([2H])O. The first-order valence-corrected chi connectivity index (χ1v) is 5.02. The van der Waals surface area contributed by atoms with Gasteiger partial charge >= 0.3 is 0 Å². The van der Waals surface area contributed by atoms with Crippen LogP contribution in [0.25, 0.3) is 0 Å². The molecule has 0 bridgehead atoms. The van der Waals surface area contributed by atoms with Crippen molar-refractivity contribution in [1.29, 1.82) is 0 Å². The van der Waals surface area contributed by atoms with Crippen LogP contribution < -0.4 is 5.72 Å². The molecule has 0 amide bonds. The van der Waals surface area contributed by atoms with Crippen LogP contribution in [0.5, 0.6) is 0 Å². The third-order valence-electron chi connectivity index (χ3n) is 1.29. The molecule has 0 saturated carbocycles. The number of allylic oxidation sites excluding steroid dienone is 1. The average molecular weight is 333 g/mol. The number of hydrogen-bond donors (Lipinski definition) is 3. The molecule has 0 aromatic carbocycles. The zero-order valence-electron chi connectivity index (χ0n) is 43.5. The van der Waals surface area contributed by atoms with Crippen molar-refractivity contribution in [2.45, 2.75) is 95.5 Å². The van der Waals surface area contributed by atoms with E-state index in [-0.39, 0.29) is 0 Å². The Kier molecular flexibility index (Phi) is 2.18. The number of aliphatic hydroxyl groups is 2. The van der Waals surface area contributed by atoms with Crippen molar-refractivity contribution in [3.8, 4) is 0 Å². The Hall–Kier alpha value is -0.380. The van der Waals surface area contributed by atoms with Gasteiger partial charge in [0.1, 0.15) is 2.82 Å². The predicted octanol–water partition coefficient (Wildman–Crippen LogP) is 3.92. The quantitative estimate of drug-likeness (QED) is 0.375. The summed E-state index contributed by atoms with van der Waals surface area (Å²) in [7, 11) is 0. The highest BCUT2D eigenvalue weighted by atomic mass is 16.3. The van der Waals surface area contributed by atoms with Crippen LogP contribution in [0, 0.1) is 0 Å². The molecule has 0 heterocycles. The van der Waals surface area contributed by atoms with E-state index in [2.05, 4.69) is 0 Å². The topological polar surface area (TPSA) is 66.5 Å². The monoisotopic (exact) mass is 332 g/mol. The molecule has 126 valence electrons. The molecule has 3 heteroatoms. The van der Waals surface area contributed by atoms with Crippen molar-refractivity contribution in [2.75, 3.05) is 6.56 Å². The molecule has 0 aromatic rings. The Morgan fingerprint density at radius 2 is 1.71 bits per heavy atom. The van der Waals surface area contributed by atoms with E-state index in [1.165, 1.54) is 0 Å². The highest BCUT2D eigenvalue weighted by Gasteiger charge is 2.08. The fourth-order valence-electron chi connectivity index (χ4n) is 0.559. The molecule has 0 aliphatic rings. The minimum atomic E-state index is -5.12. The van der Waals surface area contributed by atoms with Crippen LogP contribution in [-0.4, -0.2) is 28.9 Å². The van der Waals surface area contributed by atoms with Crippen molar-refractivity contribution < 1.29 is 55.5 Å². The molecule has 0 saturated heterocycles. The maximum Gasteiger partial charge on any atom is 0.119 e. The highest BCUT2D eigenvalue weighted by Crippen LogP contribution is 2.12. The van der Waals surface area contributed by atoms with E-state index >= 15 is 0 Å². The fraction of sp³-hybridized carbons (Fsp3) is 0.889. The smallest absolute Gasteiger partial charge is 0.119 e.